The number of hydrazone groups is 1. The van der Waals surface area contributed by atoms with Crippen molar-refractivity contribution in [3.63, 3.8) is 0 Å². The Kier molecular flexibility index (Phi) is 31.6. The Balaban J connectivity index is -0.000000150. The normalized spacial score (nSPS) is 10.6. The molecule has 12 heteroatoms. The first kappa shape index (κ1) is 38.7. The van der Waals surface area contributed by atoms with Crippen LogP contribution in [0.4, 0.5) is 0 Å². The van der Waals surface area contributed by atoms with Crippen LogP contribution in [0.25, 0.3) is 30.8 Å². The third kappa shape index (κ3) is 15.6. The van der Waals surface area contributed by atoms with E-state index in [9.17, 15) is 14.4 Å². The zero-order valence-corrected chi connectivity index (χ0v) is 15.6. The number of amides is 3. The molecule has 0 bridgehead atoms. The average Bonchev–Trinajstić information content (AvgIpc) is 2.67. The molecule has 0 unspecified atom stereocenters. The monoisotopic (exact) mass is 404 g/mol. The van der Waals surface area contributed by atoms with Crippen molar-refractivity contribution in [2.45, 2.75) is 39.5 Å². The molecule has 0 aromatic carbocycles. The smallest absolute Gasteiger partial charge is 0.253 e. The largest absolute Gasteiger partial charge is 0.693 e. The number of nitrogens with zero attached hydrogens (tertiary/aromatic N) is 2. The second-order valence-electron chi connectivity index (χ2n) is 4.57. The van der Waals surface area contributed by atoms with E-state index in [0.29, 0.717) is 25.8 Å². The Morgan fingerprint density at radius 2 is 1.44 bits per heavy atom. The Hall–Kier alpha value is -1.67. The molecule has 1 aliphatic rings. The summed E-state index contributed by atoms with van der Waals surface area (Å²) < 4.78 is 0. The van der Waals surface area contributed by atoms with Gasteiger partial charge in [0.05, 0.1) is 0 Å². The molecule has 0 saturated carbocycles. The van der Waals surface area contributed by atoms with Gasteiger partial charge in [0.25, 0.3) is 11.8 Å². The Bertz CT molecular complexity index is 421. The summed E-state index contributed by atoms with van der Waals surface area (Å²) in [6.45, 7) is 4.02. The quantitative estimate of drug-likeness (QED) is 0.277. The number of carbonyl (C=O) groups is 3. The minimum absolute atomic E-state index is 0. The molecule has 0 aromatic rings. The van der Waals surface area contributed by atoms with Crippen LogP contribution in [-0.2, 0) is 31.2 Å². The van der Waals surface area contributed by atoms with Gasteiger partial charge in [0.1, 0.15) is 0 Å². The van der Waals surface area contributed by atoms with E-state index in [4.69, 9.17) is 0 Å². The van der Waals surface area contributed by atoms with Crippen molar-refractivity contribution >= 4 is 23.4 Å². The number of hydrogen-bond donors (Lipinski definition) is 1. The number of carbonyl (C=O) groups excluding carboxylic acids is 3. The molecule has 0 aliphatic carbocycles. The van der Waals surface area contributed by atoms with Crippen LogP contribution in [0.1, 0.15) is 39.5 Å². The van der Waals surface area contributed by atoms with Crippen molar-refractivity contribution in [2.24, 2.45) is 5.10 Å². The summed E-state index contributed by atoms with van der Waals surface area (Å²) in [4.78, 5) is 35.0. The summed E-state index contributed by atoms with van der Waals surface area (Å²) in [5.74, 6) is -0.623. The maximum Gasteiger partial charge on any atom is 0.253 e. The summed E-state index contributed by atoms with van der Waals surface area (Å²) in [5.41, 5.74) is 3.25. The van der Waals surface area contributed by atoms with Crippen LogP contribution in [0.3, 0.4) is 0 Å². The van der Waals surface area contributed by atoms with Crippen molar-refractivity contribution < 1.29 is 31.2 Å². The fourth-order valence-electron chi connectivity index (χ4n) is 1.61. The standard InChI is InChI=1S/C13H19N3O3.Co.5H2N/c1-10(2)14-15-11(17)6-4-3-5-9-16-12(18)7-8-13(16)19;;;;;;/h7-8H,3-6,9H2,1-2H3,(H,15,17);;5*1H2/q;;5*-1. The number of imide groups is 1. The third-order valence-electron chi connectivity index (χ3n) is 2.59. The summed E-state index contributed by atoms with van der Waals surface area (Å²) >= 11 is 0. The molecule has 0 spiro atoms. The molecule has 1 rings (SSSR count). The van der Waals surface area contributed by atoms with Gasteiger partial charge in [-0.25, -0.2) is 5.43 Å². The molecular weight excluding hydrogens is 375 g/mol. The Morgan fingerprint density at radius 1 is 0.960 bits per heavy atom. The second-order valence-corrected chi connectivity index (χ2v) is 4.57. The summed E-state index contributed by atoms with van der Waals surface area (Å²) in [7, 11) is 0. The third-order valence-corrected chi connectivity index (χ3v) is 2.59. The van der Waals surface area contributed by atoms with E-state index < -0.39 is 0 Å². The van der Waals surface area contributed by atoms with E-state index in [0.717, 1.165) is 12.1 Å². The molecule has 0 saturated heterocycles. The van der Waals surface area contributed by atoms with Crippen molar-refractivity contribution in [1.29, 1.82) is 0 Å². The first-order valence-corrected chi connectivity index (χ1v) is 6.34. The van der Waals surface area contributed by atoms with Crippen LogP contribution in [0, 0.1) is 0 Å². The predicted molar refractivity (Wildman–Crippen MR) is 97.7 cm³/mol. The topological polar surface area (TPSA) is 246 Å². The van der Waals surface area contributed by atoms with E-state index in [-0.39, 0.29) is 65.3 Å². The van der Waals surface area contributed by atoms with Gasteiger partial charge >= 0.3 is 0 Å². The molecule has 11 nitrogen and oxygen atoms in total. The second kappa shape index (κ2) is 20.4. The number of nitrogens with one attached hydrogen (secondary N) is 1. The number of nitrogens with two attached hydrogens (primary N) is 5. The van der Waals surface area contributed by atoms with Crippen molar-refractivity contribution in [2.75, 3.05) is 6.54 Å². The average molecular weight is 404 g/mol. The van der Waals surface area contributed by atoms with Crippen molar-refractivity contribution in [3.8, 4) is 0 Å². The van der Waals surface area contributed by atoms with Gasteiger partial charge in [-0.3, -0.25) is 19.3 Å². The molecule has 3 amide bonds. The van der Waals surface area contributed by atoms with Crippen molar-refractivity contribution in [1.82, 2.24) is 10.3 Å². The van der Waals surface area contributed by atoms with E-state index in [1.165, 1.54) is 17.1 Å². The molecule has 1 radical (unpaired) electrons. The minimum atomic E-state index is -0.254. The van der Waals surface area contributed by atoms with Gasteiger partial charge in [0, 0.05) is 47.6 Å². The zero-order valence-electron chi connectivity index (χ0n) is 14.5. The fourth-order valence-corrected chi connectivity index (χ4v) is 1.61. The molecule has 0 fully saturated rings. The van der Waals surface area contributed by atoms with Crippen LogP contribution in [0.15, 0.2) is 17.3 Å². The first-order chi connectivity index (χ1) is 9.00. The minimum Gasteiger partial charge on any atom is -0.693 e. The van der Waals surface area contributed by atoms with Gasteiger partial charge in [0.15, 0.2) is 0 Å². The SMILES string of the molecule is CC(C)=NNC(=O)CCCCCN1C(=O)C=CC1=O.[Co].[NH2-].[NH2-].[NH2-].[NH2-].[NH2-]. The molecule has 0 atom stereocenters. The molecule has 153 valence electrons. The van der Waals surface area contributed by atoms with Gasteiger partial charge in [-0.1, -0.05) is 6.42 Å². The van der Waals surface area contributed by atoms with E-state index in [2.05, 4.69) is 10.5 Å². The van der Waals surface area contributed by atoms with Crippen LogP contribution >= 0.6 is 0 Å². The molecule has 25 heavy (non-hydrogen) atoms. The van der Waals surface area contributed by atoms with E-state index in [1.54, 1.807) is 13.8 Å². The van der Waals surface area contributed by atoms with Gasteiger partial charge < -0.3 is 30.8 Å². The molecule has 11 N–H and O–H groups in total. The maximum absolute atomic E-state index is 11.3. The Morgan fingerprint density at radius 3 is 1.88 bits per heavy atom. The molecule has 1 aliphatic heterocycles. The fraction of sp³-hybridized carbons (Fsp3) is 0.538. The number of hydrogen-bond acceptors (Lipinski definition) is 4. The van der Waals surface area contributed by atoms with Gasteiger partial charge in [0.2, 0.25) is 5.91 Å². The van der Waals surface area contributed by atoms with E-state index >= 15 is 0 Å². The van der Waals surface area contributed by atoms with Crippen LogP contribution < -0.4 is 5.43 Å². The van der Waals surface area contributed by atoms with Gasteiger partial charge in [-0.2, -0.15) is 5.10 Å². The molecular formula is C13H29CoN8O3-5. The first-order valence-electron chi connectivity index (χ1n) is 6.34. The van der Waals surface area contributed by atoms with Crippen LogP contribution in [-0.4, -0.2) is 34.9 Å². The molecule has 1 heterocycles. The zero-order chi connectivity index (χ0) is 14.3. The summed E-state index contributed by atoms with van der Waals surface area (Å²) in [5, 5.41) is 3.82. The van der Waals surface area contributed by atoms with Gasteiger partial charge in [-0.15, -0.1) is 0 Å². The van der Waals surface area contributed by atoms with Crippen LogP contribution in [0.5, 0.6) is 0 Å². The van der Waals surface area contributed by atoms with Gasteiger partial charge in [-0.05, 0) is 26.7 Å². The predicted octanol–water partition coefficient (Wildman–Crippen LogP) is 4.57. The number of unbranched alkanes of at least 4 members (excludes halogenated alkanes) is 2. The Labute approximate surface area is 159 Å². The van der Waals surface area contributed by atoms with Crippen molar-refractivity contribution in [3.05, 3.63) is 42.9 Å². The maximum atomic E-state index is 11.3. The summed E-state index contributed by atoms with van der Waals surface area (Å²) in [6.07, 6.45) is 5.17. The van der Waals surface area contributed by atoms with Crippen LogP contribution in [0.2, 0.25) is 0 Å². The molecule has 0 aromatic heterocycles. The number of rotatable bonds is 7. The summed E-state index contributed by atoms with van der Waals surface area (Å²) in [6, 6.07) is 0. The van der Waals surface area contributed by atoms with E-state index in [1.807, 2.05) is 0 Å².